The number of nitrogens with one attached hydrogen (secondary N) is 1. The van der Waals surface area contributed by atoms with Crippen molar-refractivity contribution < 1.29 is 21.6 Å². The van der Waals surface area contributed by atoms with Gasteiger partial charge < -0.3 is 10.2 Å². The number of nitrogens with zero attached hydrogens (tertiary/aromatic N) is 4. The molecule has 2 rings (SSSR count). The second kappa shape index (κ2) is 6.71. The third-order valence-corrected chi connectivity index (χ3v) is 5.51. The predicted octanol–water partition coefficient (Wildman–Crippen LogP) is 1.25. The van der Waals surface area contributed by atoms with Gasteiger partial charge in [0, 0.05) is 45.7 Å². The van der Waals surface area contributed by atoms with Crippen molar-refractivity contribution in [1.82, 2.24) is 14.3 Å². The average Bonchev–Trinajstić information content (AvgIpc) is 2.44. The van der Waals surface area contributed by atoms with Crippen LogP contribution in [0, 0.1) is 5.92 Å². The molecule has 1 saturated heterocycles. The van der Waals surface area contributed by atoms with Gasteiger partial charge in [-0.25, -0.2) is 17.7 Å². The van der Waals surface area contributed by atoms with Crippen molar-refractivity contribution in [2.75, 3.05) is 49.7 Å². The fourth-order valence-corrected chi connectivity index (χ4v) is 3.43. The standard InChI is InChI=1S/C13H20F3N5O2S/c1-4-24(22,23)21-7-9(8-21)6-17-12-18-10(13(14,15)16)5-11(19-12)20(2)3/h5,9H,4,6-8H2,1-3H3,(H,17,18,19). The van der Waals surface area contributed by atoms with Crippen molar-refractivity contribution in [1.29, 1.82) is 0 Å². The highest BCUT2D eigenvalue weighted by Crippen LogP contribution is 2.30. The van der Waals surface area contributed by atoms with Gasteiger partial charge in [0.1, 0.15) is 5.82 Å². The summed E-state index contributed by atoms with van der Waals surface area (Å²) in [5, 5.41) is 2.77. The first-order chi connectivity index (χ1) is 11.0. The van der Waals surface area contributed by atoms with E-state index >= 15 is 0 Å². The highest BCUT2D eigenvalue weighted by Gasteiger charge is 2.36. The SMILES string of the molecule is CCS(=O)(=O)N1CC(CNc2nc(N(C)C)cc(C(F)(F)F)n2)C1. The summed E-state index contributed by atoms with van der Waals surface area (Å²) in [6, 6.07) is 0.879. The monoisotopic (exact) mass is 367 g/mol. The first-order valence-electron chi connectivity index (χ1n) is 7.38. The van der Waals surface area contributed by atoms with Crippen molar-refractivity contribution in [3.05, 3.63) is 11.8 Å². The van der Waals surface area contributed by atoms with Crippen LogP contribution in [0.3, 0.4) is 0 Å². The van der Waals surface area contributed by atoms with E-state index in [9.17, 15) is 21.6 Å². The topological polar surface area (TPSA) is 78.4 Å². The van der Waals surface area contributed by atoms with Gasteiger partial charge in [-0.3, -0.25) is 0 Å². The number of sulfonamides is 1. The number of anilines is 2. The Morgan fingerprint density at radius 2 is 1.96 bits per heavy atom. The Bertz CT molecular complexity index is 687. The summed E-state index contributed by atoms with van der Waals surface area (Å²) < 4.78 is 63.3. The van der Waals surface area contributed by atoms with E-state index in [0.29, 0.717) is 19.6 Å². The number of halogens is 3. The van der Waals surface area contributed by atoms with Crippen molar-refractivity contribution in [3.63, 3.8) is 0 Å². The minimum atomic E-state index is -4.56. The molecular formula is C13H20F3N5O2S. The molecule has 136 valence electrons. The summed E-state index contributed by atoms with van der Waals surface area (Å²) in [4.78, 5) is 8.99. The van der Waals surface area contributed by atoms with Crippen molar-refractivity contribution in [2.24, 2.45) is 5.92 Å². The summed E-state index contributed by atoms with van der Waals surface area (Å²) in [6.45, 7) is 2.58. The lowest BCUT2D eigenvalue weighted by Crippen LogP contribution is -2.52. The fraction of sp³-hybridized carbons (Fsp3) is 0.692. The van der Waals surface area contributed by atoms with Crippen molar-refractivity contribution in [2.45, 2.75) is 13.1 Å². The normalized spacial score (nSPS) is 16.8. The van der Waals surface area contributed by atoms with E-state index in [1.165, 1.54) is 9.21 Å². The maximum Gasteiger partial charge on any atom is 0.433 e. The van der Waals surface area contributed by atoms with Crippen LogP contribution in [0.2, 0.25) is 0 Å². The van der Waals surface area contributed by atoms with Crippen molar-refractivity contribution in [3.8, 4) is 0 Å². The zero-order chi connectivity index (χ0) is 18.1. The molecule has 24 heavy (non-hydrogen) atoms. The van der Waals surface area contributed by atoms with Crippen LogP contribution >= 0.6 is 0 Å². The van der Waals surface area contributed by atoms with Gasteiger partial charge in [0.2, 0.25) is 16.0 Å². The van der Waals surface area contributed by atoms with Gasteiger partial charge in [0.15, 0.2) is 5.69 Å². The zero-order valence-corrected chi connectivity index (χ0v) is 14.4. The minimum Gasteiger partial charge on any atom is -0.363 e. The molecule has 2 heterocycles. The summed E-state index contributed by atoms with van der Waals surface area (Å²) in [6.07, 6.45) is -4.56. The Morgan fingerprint density at radius 3 is 2.46 bits per heavy atom. The maximum absolute atomic E-state index is 12.9. The lowest BCUT2D eigenvalue weighted by Gasteiger charge is -2.37. The third-order valence-electron chi connectivity index (χ3n) is 3.69. The molecule has 0 atom stereocenters. The maximum atomic E-state index is 12.9. The van der Waals surface area contributed by atoms with E-state index in [4.69, 9.17) is 0 Å². The van der Waals surface area contributed by atoms with E-state index in [0.717, 1.165) is 6.07 Å². The van der Waals surface area contributed by atoms with Crippen LogP contribution in [0.4, 0.5) is 24.9 Å². The van der Waals surface area contributed by atoms with E-state index in [-0.39, 0.29) is 23.4 Å². The Kier molecular flexibility index (Phi) is 5.23. The molecule has 0 spiro atoms. The molecule has 0 amide bonds. The van der Waals surface area contributed by atoms with Crippen LogP contribution in [-0.2, 0) is 16.2 Å². The quantitative estimate of drug-likeness (QED) is 0.816. The number of hydrogen-bond donors (Lipinski definition) is 1. The Labute approximate surface area is 138 Å². The van der Waals surface area contributed by atoms with E-state index in [2.05, 4.69) is 15.3 Å². The molecule has 1 fully saturated rings. The van der Waals surface area contributed by atoms with Gasteiger partial charge in [-0.2, -0.15) is 18.2 Å². The molecule has 1 aromatic rings. The second-order valence-corrected chi connectivity index (χ2v) is 8.05. The van der Waals surface area contributed by atoms with Gasteiger partial charge in [-0.1, -0.05) is 0 Å². The summed E-state index contributed by atoms with van der Waals surface area (Å²) in [5.41, 5.74) is -1.02. The van der Waals surface area contributed by atoms with Gasteiger partial charge in [0.25, 0.3) is 0 Å². The van der Waals surface area contributed by atoms with Crippen molar-refractivity contribution >= 4 is 21.8 Å². The number of hydrogen-bond acceptors (Lipinski definition) is 6. The van der Waals surface area contributed by atoms with E-state index in [1.807, 2.05) is 0 Å². The molecule has 7 nitrogen and oxygen atoms in total. The highest BCUT2D eigenvalue weighted by atomic mass is 32.2. The molecule has 0 aromatic carbocycles. The van der Waals surface area contributed by atoms with Crippen LogP contribution in [0.25, 0.3) is 0 Å². The smallest absolute Gasteiger partial charge is 0.363 e. The average molecular weight is 367 g/mol. The molecule has 1 N–H and O–H groups in total. The van der Waals surface area contributed by atoms with Crippen LogP contribution in [-0.4, -0.2) is 62.2 Å². The molecule has 0 saturated carbocycles. The van der Waals surface area contributed by atoms with Crippen LogP contribution in [0.1, 0.15) is 12.6 Å². The Hall–Kier alpha value is -1.62. The summed E-state index contributed by atoms with van der Waals surface area (Å²) >= 11 is 0. The van der Waals surface area contributed by atoms with Gasteiger partial charge in [-0.05, 0) is 6.92 Å². The highest BCUT2D eigenvalue weighted by molar-refractivity contribution is 7.89. The van der Waals surface area contributed by atoms with Crippen LogP contribution in [0.5, 0.6) is 0 Å². The predicted molar refractivity (Wildman–Crippen MR) is 84.4 cm³/mol. The summed E-state index contributed by atoms with van der Waals surface area (Å²) in [5.74, 6) is 0.0806. The number of aromatic nitrogens is 2. The van der Waals surface area contributed by atoms with Crippen LogP contribution < -0.4 is 10.2 Å². The zero-order valence-electron chi connectivity index (χ0n) is 13.6. The molecule has 0 radical (unpaired) electrons. The van der Waals surface area contributed by atoms with Gasteiger partial charge in [-0.15, -0.1) is 0 Å². The molecule has 1 aromatic heterocycles. The largest absolute Gasteiger partial charge is 0.433 e. The van der Waals surface area contributed by atoms with Gasteiger partial charge in [0.05, 0.1) is 5.75 Å². The molecule has 0 bridgehead atoms. The number of alkyl halides is 3. The van der Waals surface area contributed by atoms with E-state index in [1.54, 1.807) is 21.0 Å². The molecule has 0 aliphatic carbocycles. The lowest BCUT2D eigenvalue weighted by molar-refractivity contribution is -0.141. The second-order valence-electron chi connectivity index (χ2n) is 5.79. The molecule has 1 aliphatic heterocycles. The molecule has 11 heteroatoms. The molecule has 1 aliphatic rings. The Morgan fingerprint density at radius 1 is 1.33 bits per heavy atom. The summed E-state index contributed by atoms with van der Waals surface area (Å²) in [7, 11) is -0.0245. The third kappa shape index (κ3) is 4.26. The fourth-order valence-electron chi connectivity index (χ4n) is 2.18. The molecular weight excluding hydrogens is 347 g/mol. The Balaban J connectivity index is 2.02. The van der Waals surface area contributed by atoms with E-state index < -0.39 is 21.9 Å². The molecule has 0 unspecified atom stereocenters. The first-order valence-corrected chi connectivity index (χ1v) is 8.99. The number of rotatable bonds is 6. The van der Waals surface area contributed by atoms with Gasteiger partial charge >= 0.3 is 6.18 Å². The first kappa shape index (κ1) is 18.7. The minimum absolute atomic E-state index is 0.0206. The lowest BCUT2D eigenvalue weighted by atomic mass is 10.0. The van der Waals surface area contributed by atoms with Crippen LogP contribution in [0.15, 0.2) is 6.07 Å².